The van der Waals surface area contributed by atoms with Crippen molar-refractivity contribution in [2.75, 3.05) is 33.0 Å². The lowest BCUT2D eigenvalue weighted by Crippen LogP contribution is -2.03. The maximum Gasteiger partial charge on any atom is 0.203 e. The number of nitrogens with zero attached hydrogens (tertiary/aromatic N) is 4. The Labute approximate surface area is 189 Å². The van der Waals surface area contributed by atoms with E-state index in [0.29, 0.717) is 39.2 Å². The summed E-state index contributed by atoms with van der Waals surface area (Å²) in [4.78, 5) is 8.77. The average Bonchev–Trinajstić information content (AvgIpc) is 2.83. The van der Waals surface area contributed by atoms with Gasteiger partial charge in [-0.25, -0.2) is 14.4 Å². The number of anilines is 1. The van der Waals surface area contributed by atoms with Gasteiger partial charge >= 0.3 is 0 Å². The third-order valence-corrected chi connectivity index (χ3v) is 4.92. The summed E-state index contributed by atoms with van der Waals surface area (Å²) in [5.74, 6) is 1.29. The number of nitriles is 1. The van der Waals surface area contributed by atoms with Gasteiger partial charge in [-0.05, 0) is 42.7 Å². The Kier molecular flexibility index (Phi) is 7.46. The SMILES string of the molecule is COc1cc(/C=N/Nc2nc(SC)nc(-c3ccc(F)cc3)c2C#N)cc(OC)c1OC. The van der Waals surface area contributed by atoms with E-state index in [1.165, 1.54) is 51.4 Å². The summed E-state index contributed by atoms with van der Waals surface area (Å²) >= 11 is 1.31. The minimum atomic E-state index is -0.375. The number of nitrogens with one attached hydrogen (secondary N) is 1. The molecule has 1 heterocycles. The molecule has 10 heteroatoms. The number of hydrazone groups is 1. The molecule has 164 valence electrons. The second-order valence-electron chi connectivity index (χ2n) is 6.23. The van der Waals surface area contributed by atoms with Crippen molar-refractivity contribution in [3.63, 3.8) is 0 Å². The van der Waals surface area contributed by atoms with Gasteiger partial charge in [-0.1, -0.05) is 11.8 Å². The Balaban J connectivity index is 1.97. The van der Waals surface area contributed by atoms with Gasteiger partial charge in [0, 0.05) is 11.1 Å². The normalized spacial score (nSPS) is 10.6. The second-order valence-corrected chi connectivity index (χ2v) is 7.00. The predicted molar refractivity (Wildman–Crippen MR) is 121 cm³/mol. The largest absolute Gasteiger partial charge is 0.493 e. The van der Waals surface area contributed by atoms with E-state index in [2.05, 4.69) is 26.6 Å². The zero-order valence-electron chi connectivity index (χ0n) is 17.8. The molecule has 0 aliphatic carbocycles. The van der Waals surface area contributed by atoms with Crippen molar-refractivity contribution in [1.82, 2.24) is 9.97 Å². The monoisotopic (exact) mass is 453 g/mol. The Morgan fingerprint density at radius 2 is 1.72 bits per heavy atom. The molecule has 1 aromatic heterocycles. The van der Waals surface area contributed by atoms with Gasteiger partial charge in [-0.3, -0.25) is 5.43 Å². The van der Waals surface area contributed by atoms with Crippen LogP contribution in [0.5, 0.6) is 17.2 Å². The highest BCUT2D eigenvalue weighted by molar-refractivity contribution is 7.98. The van der Waals surface area contributed by atoms with Gasteiger partial charge < -0.3 is 14.2 Å². The molecule has 0 atom stereocenters. The first-order valence-corrected chi connectivity index (χ1v) is 10.5. The van der Waals surface area contributed by atoms with Gasteiger partial charge in [0.05, 0.1) is 33.2 Å². The average molecular weight is 453 g/mol. The van der Waals surface area contributed by atoms with Crippen LogP contribution in [0.1, 0.15) is 11.1 Å². The Bertz CT molecular complexity index is 1150. The fraction of sp³-hybridized carbons (Fsp3) is 0.182. The maximum absolute atomic E-state index is 13.3. The van der Waals surface area contributed by atoms with Crippen molar-refractivity contribution >= 4 is 23.8 Å². The first-order chi connectivity index (χ1) is 15.5. The molecule has 0 amide bonds. The lowest BCUT2D eigenvalue weighted by molar-refractivity contribution is 0.324. The third-order valence-electron chi connectivity index (χ3n) is 4.37. The first-order valence-electron chi connectivity index (χ1n) is 9.25. The predicted octanol–water partition coefficient (Wildman–Crippen LogP) is 4.35. The van der Waals surface area contributed by atoms with Crippen LogP contribution < -0.4 is 19.6 Å². The van der Waals surface area contributed by atoms with Crippen LogP contribution in [0.25, 0.3) is 11.3 Å². The molecule has 0 aliphatic rings. The number of thioether (sulfide) groups is 1. The van der Waals surface area contributed by atoms with E-state index >= 15 is 0 Å². The summed E-state index contributed by atoms with van der Waals surface area (Å²) in [6.45, 7) is 0. The molecule has 0 saturated carbocycles. The molecule has 8 nitrogen and oxygen atoms in total. The fourth-order valence-corrected chi connectivity index (χ4v) is 3.24. The Morgan fingerprint density at radius 1 is 1.06 bits per heavy atom. The summed E-state index contributed by atoms with van der Waals surface area (Å²) in [5, 5.41) is 14.4. The van der Waals surface area contributed by atoms with Crippen LogP contribution in [0.15, 0.2) is 46.7 Å². The highest BCUT2D eigenvalue weighted by Gasteiger charge is 2.16. The molecule has 3 rings (SSSR count). The zero-order chi connectivity index (χ0) is 23.1. The topological polar surface area (TPSA) is 102 Å². The van der Waals surface area contributed by atoms with E-state index in [0.717, 1.165) is 0 Å². The molecule has 3 aromatic rings. The lowest BCUT2D eigenvalue weighted by Gasteiger charge is -2.12. The smallest absolute Gasteiger partial charge is 0.203 e. The van der Waals surface area contributed by atoms with Gasteiger partial charge in [0.2, 0.25) is 5.75 Å². The third kappa shape index (κ3) is 4.90. The number of methoxy groups -OCH3 is 3. The molecule has 0 radical (unpaired) electrons. The van der Waals surface area contributed by atoms with E-state index in [-0.39, 0.29) is 17.2 Å². The summed E-state index contributed by atoms with van der Waals surface area (Å²) in [7, 11) is 4.57. The molecule has 32 heavy (non-hydrogen) atoms. The van der Waals surface area contributed by atoms with Crippen LogP contribution >= 0.6 is 11.8 Å². The van der Waals surface area contributed by atoms with E-state index in [4.69, 9.17) is 14.2 Å². The van der Waals surface area contributed by atoms with Gasteiger partial charge in [0.25, 0.3) is 0 Å². The summed E-state index contributed by atoms with van der Waals surface area (Å²) in [6.07, 6.45) is 3.35. The molecule has 0 saturated heterocycles. The summed E-state index contributed by atoms with van der Waals surface area (Å²) in [5.41, 5.74) is 4.65. The maximum atomic E-state index is 13.3. The molecule has 0 bridgehead atoms. The number of hydrogen-bond donors (Lipinski definition) is 1. The van der Waals surface area contributed by atoms with Crippen molar-refractivity contribution in [2.24, 2.45) is 5.10 Å². The van der Waals surface area contributed by atoms with Crippen molar-refractivity contribution in [3.05, 3.63) is 53.3 Å². The van der Waals surface area contributed by atoms with Crippen LogP contribution in [-0.4, -0.2) is 43.8 Å². The van der Waals surface area contributed by atoms with Gasteiger partial charge in [-0.15, -0.1) is 0 Å². The van der Waals surface area contributed by atoms with Crippen LogP contribution in [0.4, 0.5) is 10.2 Å². The fourth-order valence-electron chi connectivity index (χ4n) is 2.88. The first kappa shape index (κ1) is 22.8. The molecule has 0 aliphatic heterocycles. The lowest BCUT2D eigenvalue weighted by atomic mass is 10.1. The van der Waals surface area contributed by atoms with Crippen molar-refractivity contribution < 1.29 is 18.6 Å². The minimum Gasteiger partial charge on any atom is -0.493 e. The standard InChI is InChI=1S/C22H20FN5O3S/c1-29-17-9-13(10-18(30-2)20(17)31-3)12-25-28-21-16(11-24)19(26-22(27-21)32-4)14-5-7-15(23)8-6-14/h5-10,12H,1-4H3,(H,26,27,28)/b25-12+. The quantitative estimate of drug-likeness (QED) is 0.233. The summed E-state index contributed by atoms with van der Waals surface area (Å²) in [6, 6.07) is 11.3. The van der Waals surface area contributed by atoms with E-state index in [1.807, 2.05) is 6.26 Å². The number of halogens is 1. The zero-order valence-corrected chi connectivity index (χ0v) is 18.7. The minimum absolute atomic E-state index is 0.191. The van der Waals surface area contributed by atoms with Crippen molar-refractivity contribution in [1.29, 1.82) is 5.26 Å². The van der Waals surface area contributed by atoms with Crippen LogP contribution in [-0.2, 0) is 0 Å². The number of ether oxygens (including phenoxy) is 3. The van der Waals surface area contributed by atoms with Crippen molar-refractivity contribution in [2.45, 2.75) is 5.16 Å². The molecule has 0 spiro atoms. The number of hydrogen-bond acceptors (Lipinski definition) is 9. The number of benzene rings is 2. The highest BCUT2D eigenvalue weighted by atomic mass is 32.2. The Morgan fingerprint density at radius 3 is 2.25 bits per heavy atom. The second kappa shape index (κ2) is 10.5. The molecule has 0 unspecified atom stereocenters. The number of aromatic nitrogens is 2. The van der Waals surface area contributed by atoms with Crippen LogP contribution in [0, 0.1) is 17.1 Å². The molecule has 1 N–H and O–H groups in total. The summed E-state index contributed by atoms with van der Waals surface area (Å²) < 4.78 is 29.3. The number of rotatable bonds is 8. The Hall–Kier alpha value is -3.84. The van der Waals surface area contributed by atoms with Gasteiger partial charge in [-0.2, -0.15) is 10.4 Å². The molecular formula is C22H20FN5O3S. The highest BCUT2D eigenvalue weighted by Crippen LogP contribution is 2.37. The van der Waals surface area contributed by atoms with Crippen molar-refractivity contribution in [3.8, 4) is 34.6 Å². The van der Waals surface area contributed by atoms with E-state index in [1.54, 1.807) is 24.3 Å². The molecule has 2 aromatic carbocycles. The molecule has 0 fully saturated rings. The van der Waals surface area contributed by atoms with E-state index in [9.17, 15) is 9.65 Å². The van der Waals surface area contributed by atoms with Gasteiger partial charge in [0.1, 0.15) is 17.4 Å². The van der Waals surface area contributed by atoms with Gasteiger partial charge in [0.15, 0.2) is 22.5 Å². The molecular weight excluding hydrogens is 433 g/mol. The van der Waals surface area contributed by atoms with Crippen LogP contribution in [0.3, 0.4) is 0 Å². The van der Waals surface area contributed by atoms with E-state index < -0.39 is 0 Å². The van der Waals surface area contributed by atoms with Crippen LogP contribution in [0.2, 0.25) is 0 Å².